The molecule has 1 heterocycles. The second-order valence-corrected chi connectivity index (χ2v) is 4.20. The highest BCUT2D eigenvalue weighted by molar-refractivity contribution is 5.10. The summed E-state index contributed by atoms with van der Waals surface area (Å²) in [4.78, 5) is 0. The minimum Gasteiger partial charge on any atom is -0.382 e. The molecular weight excluding hydrogens is 230 g/mol. The summed E-state index contributed by atoms with van der Waals surface area (Å²) < 4.78 is 12.5. The monoisotopic (exact) mass is 255 g/mol. The van der Waals surface area contributed by atoms with Gasteiger partial charge in [-0.05, 0) is 19.9 Å². The Balaban J connectivity index is 2.48. The van der Waals surface area contributed by atoms with Gasteiger partial charge in [-0.2, -0.15) is 5.10 Å². The molecule has 0 fully saturated rings. The lowest BCUT2D eigenvalue weighted by molar-refractivity contribution is 0.0586. The average molecular weight is 255 g/mol. The van der Waals surface area contributed by atoms with E-state index in [-0.39, 0.29) is 6.04 Å². The number of aryl methyl sites for hydroxylation is 1. The van der Waals surface area contributed by atoms with Gasteiger partial charge in [0.05, 0.1) is 32.1 Å². The molecule has 0 aromatic carbocycles. The molecule has 0 saturated heterocycles. The standard InChI is InChI=1S/C13H25N3O2/c1-4-6-14-13(11-18-8-7-17-3)12-9-15-16(5-2)10-12/h9-10,13-14H,4-8,11H2,1-3H3. The third kappa shape index (κ3) is 5.16. The Kier molecular flexibility index (Phi) is 7.64. The highest BCUT2D eigenvalue weighted by Crippen LogP contribution is 2.12. The summed E-state index contributed by atoms with van der Waals surface area (Å²) in [6.45, 7) is 8.03. The van der Waals surface area contributed by atoms with Crippen LogP contribution < -0.4 is 5.32 Å². The van der Waals surface area contributed by atoms with Crippen molar-refractivity contribution in [2.24, 2.45) is 0 Å². The predicted octanol–water partition coefficient (Wildman–Crippen LogP) is 1.61. The number of rotatable bonds is 10. The second kappa shape index (κ2) is 9.08. The van der Waals surface area contributed by atoms with Crippen LogP contribution in [-0.4, -0.2) is 43.3 Å². The first-order chi connectivity index (χ1) is 8.81. The van der Waals surface area contributed by atoms with Crippen LogP contribution in [0, 0.1) is 0 Å². The summed E-state index contributed by atoms with van der Waals surface area (Å²) in [7, 11) is 1.68. The van der Waals surface area contributed by atoms with Crippen molar-refractivity contribution in [3.05, 3.63) is 18.0 Å². The Morgan fingerprint density at radius 1 is 1.39 bits per heavy atom. The lowest BCUT2D eigenvalue weighted by Gasteiger charge is -2.17. The van der Waals surface area contributed by atoms with E-state index >= 15 is 0 Å². The Bertz CT molecular complexity index is 315. The molecule has 0 bridgehead atoms. The van der Waals surface area contributed by atoms with Gasteiger partial charge in [0.1, 0.15) is 0 Å². The molecule has 1 atom stereocenters. The molecule has 0 amide bonds. The van der Waals surface area contributed by atoms with Gasteiger partial charge in [0, 0.05) is 25.4 Å². The Labute approximate surface area is 109 Å². The van der Waals surface area contributed by atoms with Crippen molar-refractivity contribution >= 4 is 0 Å². The van der Waals surface area contributed by atoms with E-state index in [9.17, 15) is 0 Å². The zero-order chi connectivity index (χ0) is 13.2. The minimum absolute atomic E-state index is 0.210. The van der Waals surface area contributed by atoms with Gasteiger partial charge in [0.15, 0.2) is 0 Å². The van der Waals surface area contributed by atoms with Gasteiger partial charge >= 0.3 is 0 Å². The summed E-state index contributed by atoms with van der Waals surface area (Å²) in [5, 5.41) is 7.79. The Hall–Kier alpha value is -0.910. The number of hydrogen-bond donors (Lipinski definition) is 1. The maximum atomic E-state index is 5.61. The summed E-state index contributed by atoms with van der Waals surface area (Å²) in [6, 6.07) is 0.210. The fourth-order valence-corrected chi connectivity index (χ4v) is 1.67. The SMILES string of the molecule is CCCNC(COCCOC)c1cnn(CC)c1. The van der Waals surface area contributed by atoms with Crippen molar-refractivity contribution in [1.82, 2.24) is 15.1 Å². The molecular formula is C13H25N3O2. The fraction of sp³-hybridized carbons (Fsp3) is 0.769. The lowest BCUT2D eigenvalue weighted by Crippen LogP contribution is -2.26. The molecule has 0 saturated carbocycles. The summed E-state index contributed by atoms with van der Waals surface area (Å²) >= 11 is 0. The molecule has 1 N–H and O–H groups in total. The van der Waals surface area contributed by atoms with Crippen LogP contribution in [0.1, 0.15) is 31.9 Å². The van der Waals surface area contributed by atoms with Crippen molar-refractivity contribution in [3.63, 3.8) is 0 Å². The normalized spacial score (nSPS) is 12.8. The number of hydrogen-bond acceptors (Lipinski definition) is 4. The van der Waals surface area contributed by atoms with E-state index in [1.54, 1.807) is 7.11 Å². The zero-order valence-electron chi connectivity index (χ0n) is 11.7. The van der Waals surface area contributed by atoms with E-state index in [2.05, 4.69) is 30.5 Å². The fourth-order valence-electron chi connectivity index (χ4n) is 1.67. The molecule has 0 spiro atoms. The van der Waals surface area contributed by atoms with Crippen LogP contribution in [0.25, 0.3) is 0 Å². The summed E-state index contributed by atoms with van der Waals surface area (Å²) in [6.07, 6.45) is 5.10. The molecule has 1 unspecified atom stereocenters. The summed E-state index contributed by atoms with van der Waals surface area (Å²) in [5.74, 6) is 0. The molecule has 0 aliphatic heterocycles. The number of aromatic nitrogens is 2. The third-order valence-electron chi connectivity index (χ3n) is 2.74. The molecule has 1 aromatic rings. The van der Waals surface area contributed by atoms with E-state index in [0.717, 1.165) is 19.5 Å². The molecule has 1 aromatic heterocycles. The number of ether oxygens (including phenoxy) is 2. The van der Waals surface area contributed by atoms with Crippen LogP contribution in [0.15, 0.2) is 12.4 Å². The first-order valence-electron chi connectivity index (χ1n) is 6.64. The molecule has 0 aliphatic carbocycles. The van der Waals surface area contributed by atoms with E-state index in [4.69, 9.17) is 9.47 Å². The number of nitrogens with one attached hydrogen (secondary N) is 1. The zero-order valence-corrected chi connectivity index (χ0v) is 11.7. The number of methoxy groups -OCH3 is 1. The topological polar surface area (TPSA) is 48.3 Å². The van der Waals surface area contributed by atoms with E-state index in [1.165, 1.54) is 5.56 Å². The molecule has 0 aliphatic rings. The van der Waals surface area contributed by atoms with Crippen LogP contribution in [0.2, 0.25) is 0 Å². The largest absolute Gasteiger partial charge is 0.382 e. The van der Waals surface area contributed by atoms with Gasteiger partial charge in [0.25, 0.3) is 0 Å². The highest BCUT2D eigenvalue weighted by Gasteiger charge is 2.12. The predicted molar refractivity (Wildman–Crippen MR) is 71.6 cm³/mol. The van der Waals surface area contributed by atoms with Crippen LogP contribution in [0.4, 0.5) is 0 Å². The van der Waals surface area contributed by atoms with Crippen molar-refractivity contribution in [1.29, 1.82) is 0 Å². The van der Waals surface area contributed by atoms with E-state index < -0.39 is 0 Å². The first kappa shape index (κ1) is 15.1. The van der Waals surface area contributed by atoms with Crippen LogP contribution in [0.5, 0.6) is 0 Å². The Morgan fingerprint density at radius 3 is 2.83 bits per heavy atom. The molecule has 5 nitrogen and oxygen atoms in total. The first-order valence-corrected chi connectivity index (χ1v) is 6.64. The van der Waals surface area contributed by atoms with E-state index in [1.807, 2.05) is 10.9 Å². The molecule has 0 radical (unpaired) electrons. The lowest BCUT2D eigenvalue weighted by atomic mass is 10.1. The molecule has 5 heteroatoms. The van der Waals surface area contributed by atoms with Gasteiger partial charge in [-0.15, -0.1) is 0 Å². The quantitative estimate of drug-likeness (QED) is 0.645. The average Bonchev–Trinajstić information content (AvgIpc) is 2.86. The maximum Gasteiger partial charge on any atom is 0.0701 e. The van der Waals surface area contributed by atoms with Crippen molar-refractivity contribution in [3.8, 4) is 0 Å². The maximum absolute atomic E-state index is 5.61. The molecule has 1 rings (SSSR count). The van der Waals surface area contributed by atoms with E-state index in [0.29, 0.717) is 19.8 Å². The highest BCUT2D eigenvalue weighted by atomic mass is 16.5. The van der Waals surface area contributed by atoms with Crippen LogP contribution in [-0.2, 0) is 16.0 Å². The van der Waals surface area contributed by atoms with Crippen LogP contribution >= 0.6 is 0 Å². The van der Waals surface area contributed by atoms with Gasteiger partial charge in [0.2, 0.25) is 0 Å². The molecule has 18 heavy (non-hydrogen) atoms. The second-order valence-electron chi connectivity index (χ2n) is 4.20. The summed E-state index contributed by atoms with van der Waals surface area (Å²) in [5.41, 5.74) is 1.18. The third-order valence-corrected chi connectivity index (χ3v) is 2.74. The van der Waals surface area contributed by atoms with Crippen molar-refractivity contribution < 1.29 is 9.47 Å². The van der Waals surface area contributed by atoms with Gasteiger partial charge in [-0.3, -0.25) is 4.68 Å². The molecule has 104 valence electrons. The van der Waals surface area contributed by atoms with Crippen LogP contribution in [0.3, 0.4) is 0 Å². The van der Waals surface area contributed by atoms with Gasteiger partial charge < -0.3 is 14.8 Å². The Morgan fingerprint density at radius 2 is 2.22 bits per heavy atom. The van der Waals surface area contributed by atoms with Gasteiger partial charge in [-0.25, -0.2) is 0 Å². The number of nitrogens with zero attached hydrogens (tertiary/aromatic N) is 2. The minimum atomic E-state index is 0.210. The van der Waals surface area contributed by atoms with Crippen molar-refractivity contribution in [2.45, 2.75) is 32.9 Å². The van der Waals surface area contributed by atoms with Gasteiger partial charge in [-0.1, -0.05) is 6.92 Å². The smallest absolute Gasteiger partial charge is 0.0701 e. The van der Waals surface area contributed by atoms with Crippen molar-refractivity contribution in [2.75, 3.05) is 33.5 Å².